The fraction of sp³-hybridized carbons (Fsp3) is 0.100. The van der Waals surface area contributed by atoms with Crippen LogP contribution in [0.1, 0.15) is 21.6 Å². The molecule has 150 valence electrons. The number of benzene rings is 2. The Kier molecular flexibility index (Phi) is 5.88. The fourth-order valence-corrected chi connectivity index (χ4v) is 3.13. The van der Waals surface area contributed by atoms with Gasteiger partial charge in [-0.3, -0.25) is 14.2 Å². The van der Waals surface area contributed by atoms with Gasteiger partial charge in [-0.15, -0.1) is 0 Å². The molecule has 1 aromatic heterocycles. The molecule has 0 N–H and O–H groups in total. The summed E-state index contributed by atoms with van der Waals surface area (Å²) in [6, 6.07) is 5.92. The summed E-state index contributed by atoms with van der Waals surface area (Å²) in [7, 11) is 0. The van der Waals surface area contributed by atoms with Crippen molar-refractivity contribution in [3.63, 3.8) is 0 Å². The van der Waals surface area contributed by atoms with Crippen molar-refractivity contribution in [2.75, 3.05) is 0 Å². The van der Waals surface area contributed by atoms with Crippen LogP contribution < -0.4 is 10.3 Å². The van der Waals surface area contributed by atoms with Crippen LogP contribution in [0.2, 0.25) is 0 Å². The van der Waals surface area contributed by atoms with E-state index in [1.165, 1.54) is 19.1 Å². The molecule has 0 fully saturated rings. The zero-order valence-corrected chi connectivity index (χ0v) is 16.4. The standard InChI is InChI=1S/C20H12BrF4NO3/c1-10-4-17(29-9-12-2-3-13(22)7-14(12)23)18(21)20(28)26(10)19-15(24)5-11(8-27)6-16(19)25/h2-8H,9H2,1H3. The SMILES string of the molecule is Cc1cc(OCc2ccc(F)cc2F)c(Br)c(=O)n1-c1c(F)cc(C=O)cc1F. The van der Waals surface area contributed by atoms with Crippen molar-refractivity contribution in [2.45, 2.75) is 13.5 Å². The summed E-state index contributed by atoms with van der Waals surface area (Å²) in [5.74, 6) is -3.73. The Morgan fingerprint density at radius 1 is 1.03 bits per heavy atom. The molecule has 0 saturated heterocycles. The molecule has 1 heterocycles. The zero-order valence-electron chi connectivity index (χ0n) is 14.8. The van der Waals surface area contributed by atoms with Gasteiger partial charge in [0, 0.05) is 29.0 Å². The second kappa shape index (κ2) is 8.20. The highest BCUT2D eigenvalue weighted by Crippen LogP contribution is 2.27. The van der Waals surface area contributed by atoms with Gasteiger partial charge in [0.05, 0.1) is 0 Å². The highest BCUT2D eigenvalue weighted by atomic mass is 79.9. The second-order valence-corrected chi connectivity index (χ2v) is 6.87. The number of halogens is 5. The van der Waals surface area contributed by atoms with Crippen molar-refractivity contribution in [1.82, 2.24) is 4.57 Å². The molecule has 4 nitrogen and oxygen atoms in total. The Labute approximate surface area is 170 Å². The summed E-state index contributed by atoms with van der Waals surface area (Å²) in [6.45, 7) is 1.12. The van der Waals surface area contributed by atoms with E-state index >= 15 is 0 Å². The van der Waals surface area contributed by atoms with Gasteiger partial charge in [0.25, 0.3) is 5.56 Å². The van der Waals surface area contributed by atoms with Gasteiger partial charge in [0.1, 0.15) is 40.4 Å². The van der Waals surface area contributed by atoms with Crippen LogP contribution in [-0.2, 0) is 6.61 Å². The predicted octanol–water partition coefficient (Wildman–Crippen LogP) is 4.86. The van der Waals surface area contributed by atoms with Crippen LogP contribution in [0.15, 0.2) is 45.7 Å². The van der Waals surface area contributed by atoms with E-state index in [1.807, 2.05) is 0 Å². The van der Waals surface area contributed by atoms with Crippen molar-refractivity contribution < 1.29 is 27.1 Å². The molecule has 9 heteroatoms. The van der Waals surface area contributed by atoms with E-state index in [4.69, 9.17) is 4.74 Å². The van der Waals surface area contributed by atoms with Crippen LogP contribution in [0, 0.1) is 30.2 Å². The normalized spacial score (nSPS) is 10.8. The monoisotopic (exact) mass is 469 g/mol. The van der Waals surface area contributed by atoms with Crippen molar-refractivity contribution in [3.05, 3.63) is 91.3 Å². The number of rotatable bonds is 5. The maximum Gasteiger partial charge on any atom is 0.273 e. The third kappa shape index (κ3) is 4.09. The number of carbonyl (C=O) groups is 1. The number of carbonyl (C=O) groups excluding carboxylic acids is 1. The molecule has 3 rings (SSSR count). The topological polar surface area (TPSA) is 48.3 Å². The number of hydrogen-bond acceptors (Lipinski definition) is 3. The van der Waals surface area contributed by atoms with Crippen LogP contribution in [0.5, 0.6) is 5.75 Å². The smallest absolute Gasteiger partial charge is 0.273 e. The summed E-state index contributed by atoms with van der Waals surface area (Å²) in [5.41, 5.74) is -1.49. The summed E-state index contributed by atoms with van der Waals surface area (Å²) in [6.07, 6.45) is 0.285. The zero-order chi connectivity index (χ0) is 21.3. The Bertz CT molecular complexity index is 1150. The summed E-state index contributed by atoms with van der Waals surface area (Å²) in [5, 5.41) is 0. The number of ether oxygens (including phenoxy) is 1. The van der Waals surface area contributed by atoms with E-state index in [1.54, 1.807) is 0 Å². The van der Waals surface area contributed by atoms with Crippen LogP contribution in [0.3, 0.4) is 0 Å². The number of aldehydes is 1. The number of nitrogens with zero attached hydrogens (tertiary/aromatic N) is 1. The number of hydrogen-bond donors (Lipinski definition) is 0. The molecule has 2 aromatic carbocycles. The van der Waals surface area contributed by atoms with Crippen molar-refractivity contribution in [3.8, 4) is 11.4 Å². The van der Waals surface area contributed by atoms with Crippen LogP contribution >= 0.6 is 15.9 Å². The van der Waals surface area contributed by atoms with Gasteiger partial charge in [0.15, 0.2) is 11.6 Å². The lowest BCUT2D eigenvalue weighted by Gasteiger charge is -2.16. The molecule has 0 atom stereocenters. The van der Waals surface area contributed by atoms with Gasteiger partial charge in [-0.1, -0.05) is 0 Å². The molecule has 0 unspecified atom stereocenters. The van der Waals surface area contributed by atoms with Gasteiger partial charge in [0.2, 0.25) is 0 Å². The summed E-state index contributed by atoms with van der Waals surface area (Å²) in [4.78, 5) is 23.5. The Morgan fingerprint density at radius 3 is 2.28 bits per heavy atom. The third-order valence-electron chi connectivity index (χ3n) is 4.10. The van der Waals surface area contributed by atoms with Crippen LogP contribution in [0.4, 0.5) is 17.6 Å². The first-order chi connectivity index (χ1) is 13.7. The van der Waals surface area contributed by atoms with Gasteiger partial charge in [-0.05, 0) is 47.1 Å². The molecule has 0 saturated carbocycles. The maximum absolute atomic E-state index is 14.3. The van der Waals surface area contributed by atoms with E-state index in [-0.39, 0.29) is 39.9 Å². The molecule has 0 bridgehead atoms. The van der Waals surface area contributed by atoms with Crippen molar-refractivity contribution in [1.29, 1.82) is 0 Å². The molecule has 3 aromatic rings. The minimum absolute atomic E-state index is 0.0119. The van der Waals surface area contributed by atoms with Crippen LogP contribution in [0.25, 0.3) is 5.69 Å². The first-order valence-electron chi connectivity index (χ1n) is 8.16. The average molecular weight is 470 g/mol. The number of pyridine rings is 1. The first kappa shape index (κ1) is 20.8. The summed E-state index contributed by atoms with van der Waals surface area (Å²) >= 11 is 3.03. The Balaban J connectivity index is 2.01. The molecule has 0 amide bonds. The molecule has 0 aliphatic rings. The van der Waals surface area contributed by atoms with Gasteiger partial charge in [-0.25, -0.2) is 17.6 Å². The van der Waals surface area contributed by atoms with Crippen molar-refractivity contribution >= 4 is 22.2 Å². The Morgan fingerprint density at radius 2 is 1.69 bits per heavy atom. The molecule has 0 spiro atoms. The fourth-order valence-electron chi connectivity index (χ4n) is 2.73. The second-order valence-electron chi connectivity index (χ2n) is 6.08. The predicted molar refractivity (Wildman–Crippen MR) is 100 cm³/mol. The number of aromatic nitrogens is 1. The summed E-state index contributed by atoms with van der Waals surface area (Å²) < 4.78 is 61.5. The lowest BCUT2D eigenvalue weighted by atomic mass is 10.2. The van der Waals surface area contributed by atoms with E-state index in [9.17, 15) is 27.2 Å². The van der Waals surface area contributed by atoms with E-state index < -0.39 is 34.5 Å². The van der Waals surface area contributed by atoms with E-state index in [2.05, 4.69) is 15.9 Å². The maximum atomic E-state index is 14.3. The molecular weight excluding hydrogens is 458 g/mol. The third-order valence-corrected chi connectivity index (χ3v) is 4.83. The number of aryl methyl sites for hydroxylation is 1. The highest BCUT2D eigenvalue weighted by molar-refractivity contribution is 9.10. The van der Waals surface area contributed by atoms with Crippen LogP contribution in [-0.4, -0.2) is 10.9 Å². The lowest BCUT2D eigenvalue weighted by molar-refractivity contribution is 0.112. The minimum Gasteiger partial charge on any atom is -0.487 e. The minimum atomic E-state index is -1.09. The lowest BCUT2D eigenvalue weighted by Crippen LogP contribution is -2.24. The Hall–Kier alpha value is -2.94. The first-order valence-corrected chi connectivity index (χ1v) is 8.95. The molecular formula is C20H12BrF4NO3. The average Bonchev–Trinajstić information content (AvgIpc) is 2.66. The van der Waals surface area contributed by atoms with E-state index in [0.29, 0.717) is 6.07 Å². The highest BCUT2D eigenvalue weighted by Gasteiger charge is 2.20. The van der Waals surface area contributed by atoms with E-state index in [0.717, 1.165) is 22.8 Å². The van der Waals surface area contributed by atoms with Gasteiger partial charge < -0.3 is 4.74 Å². The molecule has 0 aliphatic heterocycles. The van der Waals surface area contributed by atoms with Gasteiger partial charge in [-0.2, -0.15) is 0 Å². The molecule has 0 aliphatic carbocycles. The quantitative estimate of drug-likeness (QED) is 0.396. The largest absolute Gasteiger partial charge is 0.487 e. The van der Waals surface area contributed by atoms with Crippen molar-refractivity contribution in [2.24, 2.45) is 0 Å². The molecule has 0 radical (unpaired) electrons. The molecule has 29 heavy (non-hydrogen) atoms. The van der Waals surface area contributed by atoms with Gasteiger partial charge >= 0.3 is 0 Å².